The van der Waals surface area contributed by atoms with Crippen molar-refractivity contribution in [1.29, 1.82) is 0 Å². The quantitative estimate of drug-likeness (QED) is 0.566. The fourth-order valence-corrected chi connectivity index (χ4v) is 5.32. The lowest BCUT2D eigenvalue weighted by Gasteiger charge is -2.35. The number of benzene rings is 2. The van der Waals surface area contributed by atoms with Crippen molar-refractivity contribution in [2.24, 2.45) is 0 Å². The number of anilines is 2. The molecule has 0 aliphatic carbocycles. The van der Waals surface area contributed by atoms with Crippen LogP contribution in [0.5, 0.6) is 0 Å². The zero-order valence-corrected chi connectivity index (χ0v) is 18.6. The van der Waals surface area contributed by atoms with Gasteiger partial charge in [-0.05, 0) is 36.8 Å². The monoisotopic (exact) mass is 436 g/mol. The zero-order chi connectivity index (χ0) is 21.7. The third kappa shape index (κ3) is 4.89. The first kappa shape index (κ1) is 21.3. The van der Waals surface area contributed by atoms with Gasteiger partial charge in [-0.1, -0.05) is 48.5 Å². The molecule has 2 aromatic carbocycles. The smallest absolute Gasteiger partial charge is 0.265 e. The van der Waals surface area contributed by atoms with Crippen LogP contribution in [0.4, 0.5) is 11.5 Å². The molecular weight excluding hydrogens is 408 g/mol. The Balaban J connectivity index is 1.41. The molecule has 0 spiro atoms. The van der Waals surface area contributed by atoms with Gasteiger partial charge in [0, 0.05) is 45.5 Å². The SMILES string of the molecule is CCN(c1ccccc1)S(=O)(=O)c1ccc(N2CCN(Cc3ccccc3)CC2)nc1. The number of nitrogens with zero attached hydrogens (tertiary/aromatic N) is 4. The minimum absolute atomic E-state index is 0.213. The number of para-hydroxylation sites is 1. The van der Waals surface area contributed by atoms with Gasteiger partial charge in [0.05, 0.1) is 5.69 Å². The lowest BCUT2D eigenvalue weighted by molar-refractivity contribution is 0.249. The average Bonchev–Trinajstić information content (AvgIpc) is 2.81. The van der Waals surface area contributed by atoms with Gasteiger partial charge in [0.1, 0.15) is 10.7 Å². The Hall–Kier alpha value is -2.90. The summed E-state index contributed by atoms with van der Waals surface area (Å²) in [5.41, 5.74) is 1.98. The Kier molecular flexibility index (Phi) is 6.53. The van der Waals surface area contributed by atoms with Crippen LogP contribution in [0.2, 0.25) is 0 Å². The van der Waals surface area contributed by atoms with Crippen LogP contribution in [0.25, 0.3) is 0 Å². The fraction of sp³-hybridized carbons (Fsp3) is 0.292. The lowest BCUT2D eigenvalue weighted by atomic mass is 10.2. The Bertz CT molecular complexity index is 1070. The Morgan fingerprint density at radius 1 is 0.871 bits per heavy atom. The summed E-state index contributed by atoms with van der Waals surface area (Å²) in [5, 5.41) is 0. The number of pyridine rings is 1. The van der Waals surface area contributed by atoms with Crippen molar-refractivity contribution in [2.75, 3.05) is 41.9 Å². The summed E-state index contributed by atoms with van der Waals surface area (Å²) >= 11 is 0. The molecule has 1 aliphatic heterocycles. The molecule has 0 atom stereocenters. The van der Waals surface area contributed by atoms with E-state index < -0.39 is 10.0 Å². The van der Waals surface area contributed by atoms with E-state index in [-0.39, 0.29) is 4.90 Å². The third-order valence-electron chi connectivity index (χ3n) is 5.59. The van der Waals surface area contributed by atoms with Crippen LogP contribution in [-0.2, 0) is 16.6 Å². The van der Waals surface area contributed by atoms with Crippen LogP contribution in [0.3, 0.4) is 0 Å². The molecule has 1 saturated heterocycles. The minimum atomic E-state index is -3.65. The van der Waals surface area contributed by atoms with E-state index in [0.29, 0.717) is 12.2 Å². The van der Waals surface area contributed by atoms with Crippen molar-refractivity contribution in [3.63, 3.8) is 0 Å². The van der Waals surface area contributed by atoms with Crippen LogP contribution < -0.4 is 9.21 Å². The number of sulfonamides is 1. The van der Waals surface area contributed by atoms with Gasteiger partial charge in [0.15, 0.2) is 0 Å². The highest BCUT2D eigenvalue weighted by atomic mass is 32.2. The first-order valence-electron chi connectivity index (χ1n) is 10.6. The molecule has 4 rings (SSSR count). The summed E-state index contributed by atoms with van der Waals surface area (Å²) in [4.78, 5) is 9.35. The molecule has 162 valence electrons. The van der Waals surface area contributed by atoms with Crippen LogP contribution >= 0.6 is 0 Å². The first-order chi connectivity index (χ1) is 15.1. The molecule has 1 fully saturated rings. The molecule has 3 aromatic rings. The first-order valence-corrected chi connectivity index (χ1v) is 12.1. The summed E-state index contributed by atoms with van der Waals surface area (Å²) in [6.45, 7) is 6.79. The normalized spacial score (nSPS) is 15.1. The van der Waals surface area contributed by atoms with E-state index in [4.69, 9.17) is 0 Å². The van der Waals surface area contributed by atoms with E-state index in [2.05, 4.69) is 39.0 Å². The van der Waals surface area contributed by atoms with Crippen molar-refractivity contribution in [3.8, 4) is 0 Å². The van der Waals surface area contributed by atoms with Gasteiger partial charge in [-0.3, -0.25) is 9.21 Å². The molecule has 1 aromatic heterocycles. The van der Waals surface area contributed by atoms with Gasteiger partial charge >= 0.3 is 0 Å². The molecule has 0 bridgehead atoms. The fourth-order valence-electron chi connectivity index (χ4n) is 3.90. The Labute approximate surface area is 184 Å². The van der Waals surface area contributed by atoms with Crippen molar-refractivity contribution >= 4 is 21.5 Å². The second-order valence-electron chi connectivity index (χ2n) is 7.61. The molecule has 0 unspecified atom stereocenters. The van der Waals surface area contributed by atoms with Gasteiger partial charge in [0.2, 0.25) is 0 Å². The molecule has 7 heteroatoms. The van der Waals surface area contributed by atoms with Crippen molar-refractivity contribution in [1.82, 2.24) is 9.88 Å². The van der Waals surface area contributed by atoms with Gasteiger partial charge < -0.3 is 4.90 Å². The average molecular weight is 437 g/mol. The molecule has 2 heterocycles. The predicted octanol–water partition coefficient (Wildman–Crippen LogP) is 3.62. The maximum Gasteiger partial charge on any atom is 0.265 e. The van der Waals surface area contributed by atoms with E-state index in [1.165, 1.54) is 16.1 Å². The van der Waals surface area contributed by atoms with E-state index in [1.807, 2.05) is 37.3 Å². The molecule has 0 saturated carbocycles. The predicted molar refractivity (Wildman–Crippen MR) is 125 cm³/mol. The number of rotatable bonds is 7. The summed E-state index contributed by atoms with van der Waals surface area (Å²) in [6, 6.07) is 23.1. The third-order valence-corrected chi connectivity index (χ3v) is 7.47. The van der Waals surface area contributed by atoms with Gasteiger partial charge in [0.25, 0.3) is 10.0 Å². The molecule has 0 N–H and O–H groups in total. The molecule has 0 radical (unpaired) electrons. The van der Waals surface area contributed by atoms with Gasteiger partial charge in [-0.25, -0.2) is 13.4 Å². The second-order valence-corrected chi connectivity index (χ2v) is 9.47. The van der Waals surface area contributed by atoms with Crippen molar-refractivity contribution in [2.45, 2.75) is 18.4 Å². The van der Waals surface area contributed by atoms with E-state index in [0.717, 1.165) is 38.5 Å². The number of aromatic nitrogens is 1. The van der Waals surface area contributed by atoms with E-state index >= 15 is 0 Å². The van der Waals surface area contributed by atoms with Crippen LogP contribution in [0.15, 0.2) is 83.9 Å². The topological polar surface area (TPSA) is 56.8 Å². The molecule has 1 aliphatic rings. The van der Waals surface area contributed by atoms with Gasteiger partial charge in [-0.2, -0.15) is 0 Å². The summed E-state index contributed by atoms with van der Waals surface area (Å²) in [7, 11) is -3.65. The summed E-state index contributed by atoms with van der Waals surface area (Å²) < 4.78 is 27.7. The number of hydrogen-bond acceptors (Lipinski definition) is 5. The minimum Gasteiger partial charge on any atom is -0.354 e. The largest absolute Gasteiger partial charge is 0.354 e. The maximum atomic E-state index is 13.1. The number of hydrogen-bond donors (Lipinski definition) is 0. The van der Waals surface area contributed by atoms with Crippen LogP contribution in [0.1, 0.15) is 12.5 Å². The Morgan fingerprint density at radius 2 is 1.52 bits per heavy atom. The zero-order valence-electron chi connectivity index (χ0n) is 17.8. The summed E-state index contributed by atoms with van der Waals surface area (Å²) in [6.07, 6.45) is 1.48. The standard InChI is InChI=1S/C24H28N4O2S/c1-2-28(22-11-7-4-8-12-22)31(29,30)23-13-14-24(25-19-23)27-17-15-26(16-18-27)20-21-9-5-3-6-10-21/h3-14,19H,2,15-18,20H2,1H3. The highest BCUT2D eigenvalue weighted by Crippen LogP contribution is 2.24. The highest BCUT2D eigenvalue weighted by molar-refractivity contribution is 7.92. The van der Waals surface area contributed by atoms with E-state index in [9.17, 15) is 8.42 Å². The van der Waals surface area contributed by atoms with Gasteiger partial charge in [-0.15, -0.1) is 0 Å². The van der Waals surface area contributed by atoms with Crippen LogP contribution in [-0.4, -0.2) is 51.0 Å². The second kappa shape index (κ2) is 9.49. The molecule has 31 heavy (non-hydrogen) atoms. The highest BCUT2D eigenvalue weighted by Gasteiger charge is 2.25. The lowest BCUT2D eigenvalue weighted by Crippen LogP contribution is -2.46. The van der Waals surface area contributed by atoms with Crippen LogP contribution in [0, 0.1) is 0 Å². The molecular formula is C24H28N4O2S. The number of piperazine rings is 1. The molecule has 6 nitrogen and oxygen atoms in total. The van der Waals surface area contributed by atoms with Crippen molar-refractivity contribution < 1.29 is 8.42 Å². The summed E-state index contributed by atoms with van der Waals surface area (Å²) in [5.74, 6) is 0.820. The maximum absolute atomic E-state index is 13.1. The van der Waals surface area contributed by atoms with Crippen molar-refractivity contribution in [3.05, 3.63) is 84.6 Å². The van der Waals surface area contributed by atoms with E-state index in [1.54, 1.807) is 18.2 Å². The molecule has 0 amide bonds. The Morgan fingerprint density at radius 3 is 2.10 bits per heavy atom.